The van der Waals surface area contributed by atoms with Crippen LogP contribution >= 0.6 is 0 Å². The first-order valence-electron chi connectivity index (χ1n) is 10.9. The number of hydrogen-bond donors (Lipinski definition) is 2. The molecule has 0 aromatic carbocycles. The van der Waals surface area contributed by atoms with Crippen LogP contribution in [0, 0.1) is 5.41 Å². The Morgan fingerprint density at radius 3 is 2.23 bits per heavy atom. The number of methoxy groups -OCH3 is 1. The summed E-state index contributed by atoms with van der Waals surface area (Å²) in [5.74, 6) is 1.20. The summed E-state index contributed by atoms with van der Waals surface area (Å²) in [6.45, 7) is 17.0. The second kappa shape index (κ2) is 10.5. The molecule has 1 rings (SSSR count). The molecule has 0 saturated heterocycles. The lowest BCUT2D eigenvalue weighted by atomic mass is 9.79. The van der Waals surface area contributed by atoms with Crippen molar-refractivity contribution in [3.8, 4) is 11.5 Å². The van der Waals surface area contributed by atoms with Crippen LogP contribution in [0.1, 0.15) is 66.2 Å². The van der Waals surface area contributed by atoms with Gasteiger partial charge < -0.3 is 24.1 Å². The average molecular weight is 439 g/mol. The normalized spacial score (nSPS) is 15.0. The summed E-state index contributed by atoms with van der Waals surface area (Å²) in [5, 5.41) is 20.3. The van der Waals surface area contributed by atoms with Crippen molar-refractivity contribution in [3.05, 3.63) is 11.9 Å². The zero-order valence-electron chi connectivity index (χ0n) is 20.6. The maximum atomic E-state index is 10.7. The van der Waals surface area contributed by atoms with Crippen LogP contribution in [0.4, 0.5) is 0 Å². The number of aliphatic hydroxyl groups excluding tert-OH is 2. The Morgan fingerprint density at radius 1 is 1.17 bits per heavy atom. The number of aromatic nitrogens is 1. The summed E-state index contributed by atoms with van der Waals surface area (Å²) >= 11 is 0. The molecule has 0 radical (unpaired) electrons. The van der Waals surface area contributed by atoms with Gasteiger partial charge in [0.1, 0.15) is 13.5 Å². The van der Waals surface area contributed by atoms with E-state index >= 15 is 0 Å². The van der Waals surface area contributed by atoms with E-state index in [-0.39, 0.29) is 11.6 Å². The van der Waals surface area contributed by atoms with Gasteiger partial charge in [-0.15, -0.1) is 0 Å². The fourth-order valence-corrected chi connectivity index (χ4v) is 4.26. The predicted molar refractivity (Wildman–Crippen MR) is 127 cm³/mol. The summed E-state index contributed by atoms with van der Waals surface area (Å²) in [4.78, 5) is 4.69. The number of pyridine rings is 1. The molecule has 6 nitrogen and oxygen atoms in total. The van der Waals surface area contributed by atoms with Gasteiger partial charge in [0.25, 0.3) is 0 Å². The summed E-state index contributed by atoms with van der Waals surface area (Å²) < 4.78 is 18.7. The minimum Gasteiger partial charge on any atom is -0.491 e. The van der Waals surface area contributed by atoms with E-state index in [1.165, 1.54) is 0 Å². The van der Waals surface area contributed by atoms with E-state index in [9.17, 15) is 10.2 Å². The van der Waals surface area contributed by atoms with Crippen molar-refractivity contribution in [3.63, 3.8) is 0 Å². The number of ether oxygens (including phenoxy) is 2. The van der Waals surface area contributed by atoms with Crippen LogP contribution in [0.25, 0.3) is 0 Å². The number of aliphatic hydroxyl groups is 2. The second-order valence-electron chi connectivity index (χ2n) is 10.2. The van der Waals surface area contributed by atoms with Crippen molar-refractivity contribution in [2.45, 2.75) is 84.7 Å². The number of rotatable bonds is 11. The van der Waals surface area contributed by atoms with Gasteiger partial charge in [0, 0.05) is 11.6 Å². The zero-order chi connectivity index (χ0) is 23.3. The van der Waals surface area contributed by atoms with Crippen LogP contribution in [0.15, 0.2) is 6.20 Å². The topological polar surface area (TPSA) is 81.0 Å². The molecule has 1 heterocycles. The van der Waals surface area contributed by atoms with Gasteiger partial charge >= 0.3 is 0 Å². The highest BCUT2D eigenvalue weighted by Gasteiger charge is 2.47. The molecule has 172 valence electrons. The minimum atomic E-state index is -2.25. The summed E-state index contributed by atoms with van der Waals surface area (Å²) in [6.07, 6.45) is 2.18. The summed E-state index contributed by atoms with van der Waals surface area (Å²) in [6, 6.07) is 0. The largest absolute Gasteiger partial charge is 0.491 e. The Bertz CT molecular complexity index is 691. The number of hydrogen-bond acceptors (Lipinski definition) is 6. The quantitative estimate of drug-likeness (QED) is 0.408. The van der Waals surface area contributed by atoms with Crippen LogP contribution in [-0.2, 0) is 4.43 Å². The highest BCUT2D eigenvalue weighted by Crippen LogP contribution is 2.49. The third kappa shape index (κ3) is 5.99. The average Bonchev–Trinajstić information content (AvgIpc) is 2.65. The van der Waals surface area contributed by atoms with E-state index in [1.54, 1.807) is 13.3 Å². The lowest BCUT2D eigenvalue weighted by molar-refractivity contribution is -0.0673. The molecule has 8 heteroatoms. The molecule has 2 unspecified atom stereocenters. The molecule has 30 heavy (non-hydrogen) atoms. The highest BCUT2D eigenvalue weighted by molar-refractivity contribution is 6.74. The van der Waals surface area contributed by atoms with E-state index in [1.807, 2.05) is 21.7 Å². The second-order valence-corrected chi connectivity index (χ2v) is 14.9. The van der Waals surface area contributed by atoms with Crippen LogP contribution in [0.5, 0.6) is 11.5 Å². The van der Waals surface area contributed by atoms with Crippen molar-refractivity contribution < 1.29 is 24.1 Å². The first kappa shape index (κ1) is 26.9. The molecule has 0 aliphatic heterocycles. The minimum absolute atomic E-state index is 0.0378. The van der Waals surface area contributed by atoms with Gasteiger partial charge in [0.2, 0.25) is 0 Å². The molecule has 2 N–H and O–H groups in total. The molecule has 0 aliphatic carbocycles. The highest BCUT2D eigenvalue weighted by atomic mass is 28.4. The monoisotopic (exact) mass is 439 g/mol. The van der Waals surface area contributed by atoms with Gasteiger partial charge in [-0.2, -0.15) is 0 Å². The van der Waals surface area contributed by atoms with Gasteiger partial charge in [-0.3, -0.25) is 4.98 Å². The fourth-order valence-electron chi connectivity index (χ4n) is 2.90. The van der Waals surface area contributed by atoms with Crippen molar-refractivity contribution in [1.29, 1.82) is 0 Å². The molecule has 0 fully saturated rings. The first-order chi connectivity index (χ1) is 13.7. The number of nitrogens with zero attached hydrogens (tertiary/aromatic N) is 1. The van der Waals surface area contributed by atoms with Crippen LogP contribution in [-0.4, -0.2) is 57.8 Å². The molecule has 1 aromatic rings. The van der Waals surface area contributed by atoms with E-state index < -0.39 is 25.9 Å². The maximum Gasteiger partial charge on any atom is 0.193 e. The van der Waals surface area contributed by atoms with Gasteiger partial charge in [0.05, 0.1) is 32.5 Å². The van der Waals surface area contributed by atoms with Crippen molar-refractivity contribution in [2.75, 3.05) is 20.3 Å². The van der Waals surface area contributed by atoms with Gasteiger partial charge in [-0.05, 0) is 30.0 Å². The van der Waals surface area contributed by atoms with E-state index in [4.69, 9.17) is 13.9 Å². The third-order valence-electron chi connectivity index (χ3n) is 6.32. The Kier molecular flexibility index (Phi) is 9.42. The fraction of sp³-hybridized carbons (Fsp3) is 0.773. The molecule has 0 bridgehead atoms. The Morgan fingerprint density at radius 2 is 1.77 bits per heavy atom. The van der Waals surface area contributed by atoms with Gasteiger partial charge in [0.15, 0.2) is 19.8 Å². The Balaban J connectivity index is 3.62. The van der Waals surface area contributed by atoms with E-state index in [0.717, 1.165) is 18.3 Å². The van der Waals surface area contributed by atoms with Crippen molar-refractivity contribution >= 4 is 21.6 Å². The van der Waals surface area contributed by atoms with Crippen molar-refractivity contribution in [1.82, 2.24) is 4.98 Å². The van der Waals surface area contributed by atoms with Gasteiger partial charge in [-0.25, -0.2) is 0 Å². The SMILES string of the molecule is Bc1cnc(C(O[Si](C)(C)C(C)(C)C)C(C)(C)C(O)CO)c(OC)c1OCCCC. The van der Waals surface area contributed by atoms with Crippen molar-refractivity contribution in [2.24, 2.45) is 5.41 Å². The molecule has 0 aliphatic rings. The lowest BCUT2D eigenvalue weighted by Gasteiger charge is -2.45. The van der Waals surface area contributed by atoms with Crippen LogP contribution in [0.2, 0.25) is 18.1 Å². The smallest absolute Gasteiger partial charge is 0.193 e. The zero-order valence-corrected chi connectivity index (χ0v) is 21.6. The predicted octanol–water partition coefficient (Wildman–Crippen LogP) is 2.97. The molecule has 0 amide bonds. The summed E-state index contributed by atoms with van der Waals surface area (Å²) in [7, 11) is 1.30. The molecule has 2 atom stereocenters. The first-order valence-corrected chi connectivity index (χ1v) is 13.8. The molecule has 0 spiro atoms. The molecular weight excluding hydrogens is 397 g/mol. The third-order valence-corrected chi connectivity index (χ3v) is 10.8. The van der Waals surface area contributed by atoms with Crippen LogP contribution in [0.3, 0.4) is 0 Å². The van der Waals surface area contributed by atoms with Crippen LogP contribution < -0.4 is 14.9 Å². The molecule has 1 aromatic heterocycles. The van der Waals surface area contributed by atoms with E-state index in [2.05, 4.69) is 45.8 Å². The molecular formula is C22H42BNO5Si. The van der Waals surface area contributed by atoms with E-state index in [0.29, 0.717) is 23.8 Å². The summed E-state index contributed by atoms with van der Waals surface area (Å²) in [5.41, 5.74) is 0.677. The standard InChI is InChI=1S/C22H42BNO5Si/c1-10-11-12-28-18-15(23)13-24-17(19(18)27-7)20(22(5,6)16(26)14-25)29-30(8,9)21(2,3)4/h13,16,20,25-26H,10-12,14,23H2,1-9H3. The Labute approximate surface area is 184 Å². The maximum absolute atomic E-state index is 10.7. The van der Waals surface area contributed by atoms with Gasteiger partial charge in [-0.1, -0.05) is 48.0 Å². The molecule has 0 saturated carbocycles. The number of unbranched alkanes of at least 4 members (excludes halogenated alkanes) is 1. The Hall–Kier alpha value is -1.09. The lowest BCUT2D eigenvalue weighted by Crippen LogP contribution is -2.48.